The van der Waals surface area contributed by atoms with E-state index in [1.165, 1.54) is 24.3 Å². The highest BCUT2D eigenvalue weighted by atomic mass is 19.4. The topological polar surface area (TPSA) is 89.7 Å². The molecule has 9 heteroatoms. The summed E-state index contributed by atoms with van der Waals surface area (Å²) in [5.74, 6) is -3.49. The van der Waals surface area contributed by atoms with Crippen LogP contribution in [0.25, 0.3) is 5.57 Å². The van der Waals surface area contributed by atoms with Crippen LogP contribution in [0.3, 0.4) is 0 Å². The van der Waals surface area contributed by atoms with E-state index in [1.54, 1.807) is 6.07 Å². The Bertz CT molecular complexity index is 739. The molecule has 24 heavy (non-hydrogen) atoms. The van der Waals surface area contributed by atoms with Crippen LogP contribution in [0, 0.1) is 15.5 Å². The van der Waals surface area contributed by atoms with Crippen molar-refractivity contribution in [3.63, 3.8) is 0 Å². The maximum atomic E-state index is 13.7. The molecule has 0 saturated heterocycles. The molecular formula is C15H12F3NO5. The highest BCUT2D eigenvalue weighted by Crippen LogP contribution is 2.54. The molecule has 0 amide bonds. The van der Waals surface area contributed by atoms with Gasteiger partial charge in [0, 0.05) is 12.5 Å². The molecule has 1 unspecified atom stereocenters. The summed E-state index contributed by atoms with van der Waals surface area (Å²) < 4.78 is 45.5. The minimum atomic E-state index is -5.29. The van der Waals surface area contributed by atoms with Gasteiger partial charge in [-0.25, -0.2) is 0 Å². The van der Waals surface area contributed by atoms with Crippen LogP contribution in [0.15, 0.2) is 47.9 Å². The maximum Gasteiger partial charge on any atom is 0.412 e. The first-order valence-corrected chi connectivity index (χ1v) is 6.64. The lowest BCUT2D eigenvalue weighted by Gasteiger charge is -2.35. The average Bonchev–Trinajstić information content (AvgIpc) is 2.52. The van der Waals surface area contributed by atoms with Gasteiger partial charge in [-0.15, -0.1) is 0 Å². The number of carbonyl (C=O) groups is 1. The highest BCUT2D eigenvalue weighted by molar-refractivity contribution is 5.85. The number of aliphatic carboxylic acids is 1. The van der Waals surface area contributed by atoms with E-state index >= 15 is 0 Å². The van der Waals surface area contributed by atoms with Crippen molar-refractivity contribution in [1.82, 2.24) is 0 Å². The smallest absolute Gasteiger partial charge is 0.412 e. The van der Waals surface area contributed by atoms with E-state index in [9.17, 15) is 33.2 Å². The number of nitro groups is 1. The van der Waals surface area contributed by atoms with Crippen LogP contribution in [0.4, 0.5) is 13.2 Å². The number of hydrogen-bond acceptors (Lipinski definition) is 4. The van der Waals surface area contributed by atoms with Crippen molar-refractivity contribution in [1.29, 1.82) is 0 Å². The number of alkyl halides is 3. The lowest BCUT2D eigenvalue weighted by Crippen LogP contribution is -2.49. The van der Waals surface area contributed by atoms with Gasteiger partial charge < -0.3 is 9.84 Å². The van der Waals surface area contributed by atoms with Crippen LogP contribution in [0.1, 0.15) is 12.0 Å². The number of carboxylic acid groups (broad SMARTS) is 1. The van der Waals surface area contributed by atoms with Gasteiger partial charge in [0.05, 0.1) is 12.0 Å². The number of allylic oxidation sites excluding steroid dienone is 2. The zero-order chi connectivity index (χ0) is 18.1. The predicted molar refractivity (Wildman–Crippen MR) is 76.2 cm³/mol. The molecule has 1 atom stereocenters. The van der Waals surface area contributed by atoms with Crippen molar-refractivity contribution in [3.8, 4) is 0 Å². The van der Waals surface area contributed by atoms with E-state index in [0.717, 1.165) is 13.2 Å². The van der Waals surface area contributed by atoms with Gasteiger partial charge >= 0.3 is 17.8 Å². The fraction of sp³-hybridized carbons (Fsp3) is 0.267. The Morgan fingerprint density at radius 2 is 1.92 bits per heavy atom. The number of hydrogen-bond donors (Lipinski definition) is 1. The second-order valence-corrected chi connectivity index (χ2v) is 5.10. The summed E-state index contributed by atoms with van der Waals surface area (Å²) >= 11 is 0. The first kappa shape index (κ1) is 17.5. The summed E-state index contributed by atoms with van der Waals surface area (Å²) in [7, 11) is 0.781. The van der Waals surface area contributed by atoms with Crippen LogP contribution < -0.4 is 0 Å². The quantitative estimate of drug-likeness (QED) is 0.669. The molecule has 1 aromatic rings. The summed E-state index contributed by atoms with van der Waals surface area (Å²) in [6.07, 6.45) is -5.38. The summed E-state index contributed by atoms with van der Waals surface area (Å²) in [6, 6.07) is 7.58. The SMILES string of the molecule is COC1=C([N+](=O)[O-])C=C(c2ccccc2)CC1(C(=O)O)C(F)(F)F. The summed E-state index contributed by atoms with van der Waals surface area (Å²) in [5, 5.41) is 20.5. The third-order valence-electron chi connectivity index (χ3n) is 3.78. The van der Waals surface area contributed by atoms with E-state index < -0.39 is 40.4 Å². The Labute approximate surface area is 134 Å². The fourth-order valence-electron chi connectivity index (χ4n) is 2.64. The third kappa shape index (κ3) is 2.61. The first-order valence-electron chi connectivity index (χ1n) is 6.64. The molecule has 0 fully saturated rings. The molecule has 128 valence electrons. The molecule has 1 aliphatic carbocycles. The van der Waals surface area contributed by atoms with Gasteiger partial charge in [-0.2, -0.15) is 13.2 Å². The number of rotatable bonds is 4. The molecule has 2 rings (SSSR count). The minimum Gasteiger partial charge on any atom is -0.493 e. The lowest BCUT2D eigenvalue weighted by atomic mass is 9.73. The zero-order valence-corrected chi connectivity index (χ0v) is 12.3. The molecule has 0 saturated carbocycles. The van der Waals surface area contributed by atoms with Crippen molar-refractivity contribution in [2.45, 2.75) is 12.6 Å². The second-order valence-electron chi connectivity index (χ2n) is 5.10. The molecule has 1 aromatic carbocycles. The van der Waals surface area contributed by atoms with E-state index in [2.05, 4.69) is 4.74 Å². The largest absolute Gasteiger partial charge is 0.493 e. The zero-order valence-electron chi connectivity index (χ0n) is 12.3. The van der Waals surface area contributed by atoms with Crippen LogP contribution in [0.2, 0.25) is 0 Å². The average molecular weight is 343 g/mol. The van der Waals surface area contributed by atoms with E-state index in [1.807, 2.05) is 0 Å². The standard InChI is InChI=1S/C15H12F3NO5/c1-24-12-11(19(22)23)7-10(9-5-3-2-4-6-9)8-14(12,13(20)21)15(16,17)18/h2-7H,8H2,1H3,(H,20,21). The van der Waals surface area contributed by atoms with Crippen molar-refractivity contribution in [3.05, 3.63) is 63.5 Å². The van der Waals surface area contributed by atoms with Crippen molar-refractivity contribution >= 4 is 11.5 Å². The molecule has 1 N–H and O–H groups in total. The molecular weight excluding hydrogens is 331 g/mol. The Morgan fingerprint density at radius 3 is 2.33 bits per heavy atom. The van der Waals surface area contributed by atoms with Gasteiger partial charge in [-0.05, 0) is 11.1 Å². The van der Waals surface area contributed by atoms with E-state index in [0.29, 0.717) is 0 Å². The molecule has 0 radical (unpaired) electrons. The molecule has 1 aliphatic rings. The number of methoxy groups -OCH3 is 1. The number of benzene rings is 1. The van der Waals surface area contributed by atoms with Crippen LogP contribution in [-0.2, 0) is 9.53 Å². The van der Waals surface area contributed by atoms with Gasteiger partial charge in [-0.3, -0.25) is 14.9 Å². The summed E-state index contributed by atoms with van der Waals surface area (Å²) in [5.41, 5.74) is -4.39. The van der Waals surface area contributed by atoms with Gasteiger partial charge in [0.1, 0.15) is 0 Å². The molecule has 6 nitrogen and oxygen atoms in total. The third-order valence-corrected chi connectivity index (χ3v) is 3.78. The monoisotopic (exact) mass is 343 g/mol. The molecule has 0 heterocycles. The van der Waals surface area contributed by atoms with Gasteiger partial charge in [-0.1, -0.05) is 30.3 Å². The normalized spacial score (nSPS) is 21.2. The van der Waals surface area contributed by atoms with Gasteiger partial charge in [0.25, 0.3) is 0 Å². The molecule has 0 aromatic heterocycles. The maximum absolute atomic E-state index is 13.7. The predicted octanol–water partition coefficient (Wildman–Crippen LogP) is 3.24. The van der Waals surface area contributed by atoms with Crippen molar-refractivity contribution in [2.24, 2.45) is 5.41 Å². The summed E-state index contributed by atoms with van der Waals surface area (Å²) in [4.78, 5) is 21.7. The second kappa shape index (κ2) is 5.99. The number of nitrogens with zero attached hydrogens (tertiary/aromatic N) is 1. The lowest BCUT2D eigenvalue weighted by molar-refractivity contribution is -0.424. The molecule has 0 spiro atoms. The van der Waals surface area contributed by atoms with Gasteiger partial charge in [0.15, 0.2) is 0 Å². The molecule has 0 aliphatic heterocycles. The first-order chi connectivity index (χ1) is 11.1. The Kier molecular flexibility index (Phi) is 4.37. The number of ether oxygens (including phenoxy) is 1. The number of carboxylic acids is 1. The van der Waals surface area contributed by atoms with Gasteiger partial charge in [0.2, 0.25) is 11.2 Å². The van der Waals surface area contributed by atoms with E-state index in [4.69, 9.17) is 0 Å². The number of halogens is 3. The van der Waals surface area contributed by atoms with Crippen LogP contribution >= 0.6 is 0 Å². The minimum absolute atomic E-state index is 0.108. The van der Waals surface area contributed by atoms with Crippen LogP contribution in [-0.4, -0.2) is 29.3 Å². The Balaban J connectivity index is 2.81. The van der Waals surface area contributed by atoms with Crippen LogP contribution in [0.5, 0.6) is 0 Å². The highest BCUT2D eigenvalue weighted by Gasteiger charge is 2.68. The Hall–Kier alpha value is -2.84. The van der Waals surface area contributed by atoms with E-state index in [-0.39, 0.29) is 11.1 Å². The molecule has 0 bridgehead atoms. The van der Waals surface area contributed by atoms with Crippen molar-refractivity contribution < 1.29 is 32.7 Å². The van der Waals surface area contributed by atoms with Crippen molar-refractivity contribution in [2.75, 3.05) is 7.11 Å². The summed E-state index contributed by atoms with van der Waals surface area (Å²) in [6.45, 7) is 0. The fourth-order valence-corrected chi connectivity index (χ4v) is 2.64. The Morgan fingerprint density at radius 1 is 1.33 bits per heavy atom.